The Morgan fingerprint density at radius 1 is 1.45 bits per heavy atom. The number of carboxylic acids is 1. The molecule has 0 fully saturated rings. The summed E-state index contributed by atoms with van der Waals surface area (Å²) in [5.74, 6) is -1.49. The molecule has 0 radical (unpaired) electrons. The number of nitrogens with zero attached hydrogens (tertiary/aromatic N) is 1. The lowest BCUT2D eigenvalue weighted by atomic mass is 10.2. The minimum absolute atomic E-state index is 0.107. The molecular formula is C6H9NO4. The van der Waals surface area contributed by atoms with Crippen LogP contribution in [-0.2, 0) is 9.59 Å². The van der Waals surface area contributed by atoms with Crippen LogP contribution in [-0.4, -0.2) is 28.3 Å². The molecule has 0 saturated heterocycles. The summed E-state index contributed by atoms with van der Waals surface area (Å²) >= 11 is 0. The van der Waals surface area contributed by atoms with Crippen molar-refractivity contribution in [3.8, 4) is 0 Å². The Labute approximate surface area is 63.3 Å². The molecule has 0 unspecified atom stereocenters. The van der Waals surface area contributed by atoms with Crippen molar-refractivity contribution in [3.63, 3.8) is 0 Å². The molecule has 0 aromatic carbocycles. The summed E-state index contributed by atoms with van der Waals surface area (Å²) in [6, 6.07) is 0. The maximum atomic E-state index is 10.6. The Morgan fingerprint density at radius 3 is 2.55 bits per heavy atom. The molecule has 2 N–H and O–H groups in total. The maximum absolute atomic E-state index is 10.6. The first-order chi connectivity index (χ1) is 5.16. The van der Waals surface area contributed by atoms with Gasteiger partial charge in [-0.1, -0.05) is 0 Å². The van der Waals surface area contributed by atoms with Gasteiger partial charge < -0.3 is 10.3 Å². The Hall–Kier alpha value is -1.39. The van der Waals surface area contributed by atoms with Crippen LogP contribution >= 0.6 is 0 Å². The number of oxime groups is 1. The minimum Gasteiger partial charge on any atom is -0.481 e. The third-order valence-corrected chi connectivity index (χ3v) is 0.982. The number of hydrogen-bond donors (Lipinski definition) is 2. The molecule has 0 spiro atoms. The van der Waals surface area contributed by atoms with Crippen molar-refractivity contribution in [2.45, 2.75) is 19.3 Å². The molecule has 0 amide bonds. The predicted molar refractivity (Wildman–Crippen MR) is 36.8 cm³/mol. The fourth-order valence-corrected chi connectivity index (χ4v) is 0.540. The average Bonchev–Trinajstić information content (AvgIpc) is 1.86. The van der Waals surface area contributed by atoms with E-state index in [4.69, 9.17) is 10.3 Å². The molecule has 0 aromatic heterocycles. The van der Waals surface area contributed by atoms with Gasteiger partial charge in [-0.2, -0.15) is 0 Å². The first-order valence-electron chi connectivity index (χ1n) is 3.06. The number of ketones is 1. The van der Waals surface area contributed by atoms with E-state index in [0.29, 0.717) is 0 Å². The van der Waals surface area contributed by atoms with Gasteiger partial charge in [0.25, 0.3) is 0 Å². The summed E-state index contributed by atoms with van der Waals surface area (Å²) in [4.78, 5) is 20.5. The van der Waals surface area contributed by atoms with Gasteiger partial charge >= 0.3 is 5.97 Å². The molecule has 0 bridgehead atoms. The van der Waals surface area contributed by atoms with E-state index in [9.17, 15) is 9.59 Å². The largest absolute Gasteiger partial charge is 0.481 e. The molecule has 0 aromatic rings. The second kappa shape index (κ2) is 5.40. The van der Waals surface area contributed by atoms with Crippen LogP contribution in [0.25, 0.3) is 0 Å². The quantitative estimate of drug-likeness (QED) is 0.261. The fourth-order valence-electron chi connectivity index (χ4n) is 0.540. The minimum atomic E-state index is -1.13. The molecule has 5 nitrogen and oxygen atoms in total. The van der Waals surface area contributed by atoms with Crippen LogP contribution in [0.2, 0.25) is 0 Å². The van der Waals surface area contributed by atoms with E-state index in [1.165, 1.54) is 0 Å². The van der Waals surface area contributed by atoms with Crippen molar-refractivity contribution >= 4 is 18.0 Å². The highest BCUT2D eigenvalue weighted by atomic mass is 16.4. The predicted octanol–water partition coefficient (Wildman–Crippen LogP) is 0.270. The Kier molecular flexibility index (Phi) is 4.72. The average molecular weight is 159 g/mol. The maximum Gasteiger partial charge on any atom is 0.310 e. The molecule has 11 heavy (non-hydrogen) atoms. The van der Waals surface area contributed by atoms with Crippen molar-refractivity contribution < 1.29 is 19.9 Å². The normalized spacial score (nSPS) is 10.2. The lowest BCUT2D eigenvalue weighted by Gasteiger charge is -1.91. The smallest absolute Gasteiger partial charge is 0.310 e. The first kappa shape index (κ1) is 9.61. The van der Waals surface area contributed by atoms with E-state index in [1.807, 2.05) is 0 Å². The van der Waals surface area contributed by atoms with Crippen LogP contribution in [0.1, 0.15) is 19.3 Å². The molecule has 0 aliphatic rings. The Balaban J connectivity index is 3.45. The molecule has 0 aliphatic carbocycles. The van der Waals surface area contributed by atoms with Crippen LogP contribution in [0.3, 0.4) is 0 Å². The zero-order valence-corrected chi connectivity index (χ0v) is 5.86. The summed E-state index contributed by atoms with van der Waals surface area (Å²) in [6.45, 7) is 0. The highest BCUT2D eigenvalue weighted by Gasteiger charge is 2.05. The van der Waals surface area contributed by atoms with E-state index >= 15 is 0 Å². The lowest BCUT2D eigenvalue weighted by Crippen LogP contribution is -2.06. The Morgan fingerprint density at radius 2 is 2.09 bits per heavy atom. The van der Waals surface area contributed by atoms with Crippen LogP contribution < -0.4 is 0 Å². The van der Waals surface area contributed by atoms with Gasteiger partial charge in [0.05, 0.1) is 0 Å². The van der Waals surface area contributed by atoms with Gasteiger partial charge in [-0.15, -0.1) is 5.16 Å². The SMILES string of the molecule is O=C(O)CC(=O)CCC=NO. The monoisotopic (exact) mass is 159 g/mol. The second-order valence-corrected chi connectivity index (χ2v) is 1.95. The third kappa shape index (κ3) is 6.50. The molecule has 62 valence electrons. The number of hydrogen-bond acceptors (Lipinski definition) is 4. The number of carbonyl (C=O) groups excluding carboxylic acids is 1. The van der Waals surface area contributed by atoms with Crippen molar-refractivity contribution in [2.24, 2.45) is 5.16 Å². The van der Waals surface area contributed by atoms with Gasteiger partial charge in [0.15, 0.2) is 0 Å². The summed E-state index contributed by atoms with van der Waals surface area (Å²) in [5, 5.41) is 18.7. The van der Waals surface area contributed by atoms with Crippen molar-refractivity contribution in [1.29, 1.82) is 0 Å². The van der Waals surface area contributed by atoms with Gasteiger partial charge in [0, 0.05) is 12.6 Å². The highest BCUT2D eigenvalue weighted by Crippen LogP contribution is 1.92. The third-order valence-electron chi connectivity index (χ3n) is 0.982. The molecule has 5 heteroatoms. The zero-order valence-electron chi connectivity index (χ0n) is 5.86. The molecule has 0 aliphatic heterocycles. The highest BCUT2D eigenvalue weighted by molar-refractivity contribution is 5.95. The van der Waals surface area contributed by atoms with E-state index in [1.54, 1.807) is 0 Å². The van der Waals surface area contributed by atoms with Crippen LogP contribution in [0.4, 0.5) is 0 Å². The standard InChI is InChI=1S/C6H9NO4/c8-5(4-6(9)10)2-1-3-7-11/h3,11H,1-2,4H2,(H,9,10). The molecule has 0 atom stereocenters. The number of carboxylic acid groups (broad SMARTS) is 1. The number of carbonyl (C=O) groups is 2. The molecule has 0 heterocycles. The zero-order chi connectivity index (χ0) is 8.69. The number of rotatable bonds is 5. The van der Waals surface area contributed by atoms with E-state index in [2.05, 4.69) is 5.16 Å². The van der Waals surface area contributed by atoms with Gasteiger partial charge in [-0.25, -0.2) is 0 Å². The lowest BCUT2D eigenvalue weighted by molar-refractivity contribution is -0.140. The number of aliphatic carboxylic acids is 1. The van der Waals surface area contributed by atoms with Gasteiger partial charge in [0.2, 0.25) is 0 Å². The Bertz CT molecular complexity index is 175. The van der Waals surface area contributed by atoms with E-state index in [0.717, 1.165) is 6.21 Å². The van der Waals surface area contributed by atoms with Crippen molar-refractivity contribution in [2.75, 3.05) is 0 Å². The summed E-state index contributed by atoms with van der Waals surface area (Å²) in [7, 11) is 0. The molecular weight excluding hydrogens is 150 g/mol. The van der Waals surface area contributed by atoms with E-state index < -0.39 is 12.4 Å². The van der Waals surface area contributed by atoms with Gasteiger partial charge in [0.1, 0.15) is 12.2 Å². The van der Waals surface area contributed by atoms with Crippen molar-refractivity contribution in [3.05, 3.63) is 0 Å². The van der Waals surface area contributed by atoms with Crippen LogP contribution in [0.15, 0.2) is 5.16 Å². The van der Waals surface area contributed by atoms with E-state index in [-0.39, 0.29) is 18.6 Å². The summed E-state index contributed by atoms with van der Waals surface area (Å²) in [6.07, 6.45) is 1.08. The van der Waals surface area contributed by atoms with Gasteiger partial charge in [-0.3, -0.25) is 9.59 Å². The molecule has 0 rings (SSSR count). The summed E-state index contributed by atoms with van der Waals surface area (Å²) in [5.41, 5.74) is 0. The summed E-state index contributed by atoms with van der Waals surface area (Å²) < 4.78 is 0. The topological polar surface area (TPSA) is 87.0 Å². The molecule has 0 saturated carbocycles. The van der Waals surface area contributed by atoms with Crippen LogP contribution in [0.5, 0.6) is 0 Å². The number of Topliss-reactive ketones (excluding diaryl/α,β-unsaturated/α-hetero) is 1. The van der Waals surface area contributed by atoms with Crippen molar-refractivity contribution in [1.82, 2.24) is 0 Å². The fraction of sp³-hybridized carbons (Fsp3) is 0.500. The van der Waals surface area contributed by atoms with Gasteiger partial charge in [-0.05, 0) is 6.42 Å². The first-order valence-corrected chi connectivity index (χ1v) is 3.06. The van der Waals surface area contributed by atoms with Crippen LogP contribution in [0, 0.1) is 0 Å². The second-order valence-electron chi connectivity index (χ2n) is 1.95.